The van der Waals surface area contributed by atoms with Crippen molar-refractivity contribution in [3.8, 4) is 0 Å². The summed E-state index contributed by atoms with van der Waals surface area (Å²) in [6.07, 6.45) is 22.5. The number of allylic oxidation sites excluding steroid dienone is 8. The molecule has 0 amide bonds. The van der Waals surface area contributed by atoms with Crippen molar-refractivity contribution in [2.45, 2.75) is 39.0 Å². The van der Waals surface area contributed by atoms with Crippen LogP contribution in [0.15, 0.2) is 36.0 Å². The van der Waals surface area contributed by atoms with Crippen LogP contribution in [0.25, 0.3) is 0 Å². The van der Waals surface area contributed by atoms with Gasteiger partial charge in [-0.25, -0.2) is 23.8 Å². The summed E-state index contributed by atoms with van der Waals surface area (Å²) in [6.45, 7) is 2.22. The van der Waals surface area contributed by atoms with Crippen LogP contribution in [0.5, 0.6) is 0 Å². The normalized spacial score (nSPS) is 13.8. The molecule has 0 bridgehead atoms. The number of hydrogen-bond donors (Lipinski definition) is 0. The monoisotopic (exact) mass is 304 g/mol. The zero-order valence-corrected chi connectivity index (χ0v) is 13.3. The van der Waals surface area contributed by atoms with Gasteiger partial charge in [-0.1, -0.05) is 26.2 Å². The largest absolute Gasteiger partial charge is 4.00 e. The Morgan fingerprint density at radius 2 is 1.94 bits per heavy atom. The van der Waals surface area contributed by atoms with E-state index in [-0.39, 0.29) is 46.5 Å². The molecule has 0 aromatic carbocycles. The van der Waals surface area contributed by atoms with E-state index in [0.717, 1.165) is 12.8 Å². The summed E-state index contributed by atoms with van der Waals surface area (Å²) in [5.41, 5.74) is 1.41. The molecule has 0 aromatic rings. The number of hydrogen-bond acceptors (Lipinski definition) is 0. The van der Waals surface area contributed by atoms with E-state index in [1.807, 2.05) is 12.2 Å². The third-order valence-corrected chi connectivity index (χ3v) is 2.15. The molecule has 0 unspecified atom stereocenters. The van der Waals surface area contributed by atoms with E-state index in [1.165, 1.54) is 24.8 Å². The predicted molar refractivity (Wildman–Crippen MR) is 61.6 cm³/mol. The van der Waals surface area contributed by atoms with Gasteiger partial charge in [-0.2, -0.15) is 12.2 Å². The van der Waals surface area contributed by atoms with Crippen molar-refractivity contribution >= 4 is 0 Å². The standard InChI is InChI=1S/C9H13.C5H5.2ClH.Ti/c1-2-3-6-9-7-4-5-8-9;1-2-4-5-3-1;;;/h4,7H,2-3,5-6H2,1H3;1-3H,4H2;2*1H;/q2*-1;;;+4/p-2. The van der Waals surface area contributed by atoms with Crippen LogP contribution >= 0.6 is 0 Å². The molecular formula is C14H18Cl2Ti. The van der Waals surface area contributed by atoms with Crippen molar-refractivity contribution < 1.29 is 46.5 Å². The molecule has 0 nitrogen and oxygen atoms in total. The van der Waals surface area contributed by atoms with E-state index in [1.54, 1.807) is 0 Å². The molecule has 92 valence electrons. The maximum absolute atomic E-state index is 3.30. The Labute approximate surface area is 133 Å². The summed E-state index contributed by atoms with van der Waals surface area (Å²) in [5.74, 6) is 0. The molecule has 0 spiro atoms. The fourth-order valence-electron chi connectivity index (χ4n) is 1.33. The van der Waals surface area contributed by atoms with Gasteiger partial charge in [0.1, 0.15) is 0 Å². The van der Waals surface area contributed by atoms with Crippen molar-refractivity contribution in [2.24, 2.45) is 0 Å². The maximum Gasteiger partial charge on any atom is 4.00 e. The molecule has 2 aliphatic rings. The van der Waals surface area contributed by atoms with Crippen molar-refractivity contribution in [1.82, 2.24) is 0 Å². The van der Waals surface area contributed by atoms with E-state index in [9.17, 15) is 0 Å². The molecule has 0 heterocycles. The first kappa shape index (κ1) is 22.4. The average molecular weight is 305 g/mol. The van der Waals surface area contributed by atoms with Crippen LogP contribution < -0.4 is 24.8 Å². The summed E-state index contributed by atoms with van der Waals surface area (Å²) in [7, 11) is 0. The van der Waals surface area contributed by atoms with E-state index in [2.05, 4.69) is 37.3 Å². The van der Waals surface area contributed by atoms with E-state index < -0.39 is 0 Å². The zero-order chi connectivity index (χ0) is 10.1. The van der Waals surface area contributed by atoms with Crippen molar-refractivity contribution in [1.29, 1.82) is 0 Å². The van der Waals surface area contributed by atoms with Crippen LogP contribution in [-0.2, 0) is 21.7 Å². The molecule has 0 saturated heterocycles. The Bertz CT molecular complexity index is 255. The SMILES string of the molecule is CCCCC1=[C-]CC=C1.[C-]1=CC=CC1.[Cl-].[Cl-].[Ti+4]. The van der Waals surface area contributed by atoms with Crippen molar-refractivity contribution in [2.75, 3.05) is 0 Å². The first-order chi connectivity index (χ1) is 6.93. The van der Waals surface area contributed by atoms with Gasteiger partial charge in [0.2, 0.25) is 0 Å². The van der Waals surface area contributed by atoms with E-state index in [4.69, 9.17) is 0 Å². The topological polar surface area (TPSA) is 0 Å². The maximum atomic E-state index is 3.30. The molecular weight excluding hydrogens is 287 g/mol. The van der Waals surface area contributed by atoms with E-state index in [0.29, 0.717) is 0 Å². The van der Waals surface area contributed by atoms with Crippen molar-refractivity contribution in [3.05, 3.63) is 48.1 Å². The Morgan fingerprint density at radius 3 is 2.29 bits per heavy atom. The zero-order valence-electron chi connectivity index (χ0n) is 10.2. The molecule has 0 aliphatic heterocycles. The van der Waals surface area contributed by atoms with Gasteiger partial charge < -0.3 is 24.8 Å². The minimum atomic E-state index is 0. The second-order valence-corrected chi connectivity index (χ2v) is 3.42. The van der Waals surface area contributed by atoms with Crippen LogP contribution in [0, 0.1) is 12.2 Å². The Balaban J connectivity index is -0.000000216. The molecule has 0 radical (unpaired) electrons. The van der Waals surface area contributed by atoms with Gasteiger partial charge in [0.15, 0.2) is 0 Å². The second-order valence-electron chi connectivity index (χ2n) is 3.42. The minimum absolute atomic E-state index is 0. The average Bonchev–Trinajstić information content (AvgIpc) is 2.90. The van der Waals surface area contributed by atoms with Crippen LogP contribution in [0.2, 0.25) is 0 Å². The summed E-state index contributed by atoms with van der Waals surface area (Å²) in [5, 5.41) is 0. The van der Waals surface area contributed by atoms with Gasteiger partial charge in [0.25, 0.3) is 0 Å². The first-order valence-electron chi connectivity index (χ1n) is 5.41. The van der Waals surface area contributed by atoms with Crippen LogP contribution in [0.1, 0.15) is 39.0 Å². The first-order valence-corrected chi connectivity index (χ1v) is 5.41. The summed E-state index contributed by atoms with van der Waals surface area (Å²) in [4.78, 5) is 0. The number of unbranched alkanes of at least 4 members (excludes halogenated alkanes) is 1. The van der Waals surface area contributed by atoms with Gasteiger partial charge >= 0.3 is 21.7 Å². The smallest absolute Gasteiger partial charge is 1.00 e. The third-order valence-electron chi connectivity index (χ3n) is 2.15. The third kappa shape index (κ3) is 12.5. The molecule has 0 atom stereocenters. The Morgan fingerprint density at radius 1 is 1.18 bits per heavy atom. The molecule has 0 saturated carbocycles. The second kappa shape index (κ2) is 16.3. The number of halogens is 2. The number of rotatable bonds is 3. The summed E-state index contributed by atoms with van der Waals surface area (Å²) < 4.78 is 0. The molecule has 2 rings (SSSR count). The molecule has 0 fully saturated rings. The van der Waals surface area contributed by atoms with Gasteiger partial charge in [0.05, 0.1) is 0 Å². The van der Waals surface area contributed by atoms with Gasteiger partial charge in [-0.3, -0.25) is 12.2 Å². The van der Waals surface area contributed by atoms with Crippen LogP contribution in [0.3, 0.4) is 0 Å². The molecule has 17 heavy (non-hydrogen) atoms. The fraction of sp³-hybridized carbons (Fsp3) is 0.429. The predicted octanol–water partition coefficient (Wildman–Crippen LogP) is -1.82. The molecule has 0 aromatic heterocycles. The minimum Gasteiger partial charge on any atom is -1.00 e. The van der Waals surface area contributed by atoms with Gasteiger partial charge in [0, 0.05) is 0 Å². The molecule has 2 aliphatic carbocycles. The van der Waals surface area contributed by atoms with Gasteiger partial charge in [-0.15, -0.1) is 12.8 Å². The quantitative estimate of drug-likeness (QED) is 0.425. The fourth-order valence-corrected chi connectivity index (χ4v) is 1.33. The van der Waals surface area contributed by atoms with Crippen LogP contribution in [-0.4, -0.2) is 0 Å². The van der Waals surface area contributed by atoms with E-state index >= 15 is 0 Å². The van der Waals surface area contributed by atoms with Gasteiger partial charge in [-0.05, 0) is 0 Å². The van der Waals surface area contributed by atoms with Crippen LogP contribution in [0.4, 0.5) is 0 Å². The Hall–Kier alpha value is 0.254. The summed E-state index contributed by atoms with van der Waals surface area (Å²) >= 11 is 0. The Kier molecular flexibility index (Phi) is 21.5. The van der Waals surface area contributed by atoms with Crippen molar-refractivity contribution in [3.63, 3.8) is 0 Å². The molecule has 0 N–H and O–H groups in total. The molecule has 3 heteroatoms. The summed E-state index contributed by atoms with van der Waals surface area (Å²) in [6, 6.07) is 0.